The third-order valence-corrected chi connectivity index (χ3v) is 4.30. The van der Waals surface area contributed by atoms with E-state index in [1.54, 1.807) is 36.4 Å². The van der Waals surface area contributed by atoms with Crippen LogP contribution in [0, 0.1) is 0 Å². The maximum absolute atomic E-state index is 11.6. The monoisotopic (exact) mass is 384 g/mol. The number of methoxy groups -OCH3 is 1. The zero-order valence-corrected chi connectivity index (χ0v) is 16.0. The number of benzene rings is 3. The summed E-state index contributed by atoms with van der Waals surface area (Å²) in [6.45, 7) is 0.405. The Morgan fingerprint density at radius 2 is 1.62 bits per heavy atom. The van der Waals surface area contributed by atoms with Crippen LogP contribution in [0.2, 0.25) is 0 Å². The number of ether oxygens (including phenoxy) is 2. The zero-order chi connectivity index (χ0) is 20.5. The Labute approximate surface area is 169 Å². The number of carbonyl (C=O) groups excluding carboxylic acids is 2. The van der Waals surface area contributed by atoms with Gasteiger partial charge in [0, 0.05) is 5.56 Å². The smallest absolute Gasteiger partial charge is 0.337 e. The molecular weight excluding hydrogens is 364 g/mol. The van der Waals surface area contributed by atoms with Gasteiger partial charge in [-0.3, -0.25) is 0 Å². The number of para-hydroxylation sites is 1. The topological polar surface area (TPSA) is 52.6 Å². The lowest BCUT2D eigenvalue weighted by molar-refractivity contribution is 0.0600. The molecule has 0 heterocycles. The van der Waals surface area contributed by atoms with Crippen molar-refractivity contribution >= 4 is 23.6 Å². The third kappa shape index (κ3) is 5.32. The van der Waals surface area contributed by atoms with Crippen LogP contribution in [0.3, 0.4) is 0 Å². The van der Waals surface area contributed by atoms with Crippen molar-refractivity contribution in [3.8, 4) is 5.75 Å². The van der Waals surface area contributed by atoms with E-state index in [0.29, 0.717) is 29.1 Å². The molecule has 0 atom stereocenters. The predicted octanol–water partition coefficient (Wildman–Crippen LogP) is 4.98. The van der Waals surface area contributed by atoms with Crippen molar-refractivity contribution in [2.75, 3.05) is 7.11 Å². The summed E-state index contributed by atoms with van der Waals surface area (Å²) >= 11 is 0. The van der Waals surface area contributed by atoms with Gasteiger partial charge in [0.05, 0.1) is 18.2 Å². The van der Waals surface area contributed by atoms with Gasteiger partial charge in [0.15, 0.2) is 0 Å². The summed E-state index contributed by atoms with van der Waals surface area (Å²) in [5.74, 6) is 2.21. The number of hydrogen-bond donors (Lipinski definition) is 0. The summed E-state index contributed by atoms with van der Waals surface area (Å²) in [6, 6.07) is 24.1. The first kappa shape index (κ1) is 19.9. The second-order valence-corrected chi connectivity index (χ2v) is 6.23. The average Bonchev–Trinajstić information content (AvgIpc) is 2.79. The van der Waals surface area contributed by atoms with E-state index in [2.05, 4.69) is 0 Å². The minimum absolute atomic E-state index is 0.380. The molecule has 0 bridgehead atoms. The molecule has 0 aromatic heterocycles. The van der Waals surface area contributed by atoms with Gasteiger partial charge in [-0.05, 0) is 41.5 Å². The van der Waals surface area contributed by atoms with Gasteiger partial charge >= 0.3 is 5.97 Å². The highest BCUT2D eigenvalue weighted by Crippen LogP contribution is 2.26. The van der Waals surface area contributed by atoms with Crippen molar-refractivity contribution in [2.45, 2.75) is 6.61 Å². The second-order valence-electron chi connectivity index (χ2n) is 6.23. The largest absolute Gasteiger partial charge is 0.488 e. The summed E-state index contributed by atoms with van der Waals surface area (Å²) in [5.41, 5.74) is 3.40. The standard InChI is InChI=1S/C25H20O4/c1-28-25(27)21-14-11-19(12-15-21)13-16-22(17-26)23-9-5-6-10-24(23)29-18-20-7-3-2-4-8-20/h2-16H,18H2,1H3/b16-13+. The molecule has 29 heavy (non-hydrogen) atoms. The molecule has 3 aromatic rings. The molecule has 0 saturated carbocycles. The molecule has 0 unspecified atom stereocenters. The molecule has 0 aliphatic rings. The van der Waals surface area contributed by atoms with E-state index in [-0.39, 0.29) is 0 Å². The molecule has 3 aromatic carbocycles. The lowest BCUT2D eigenvalue weighted by atomic mass is 10.0. The number of hydrogen-bond acceptors (Lipinski definition) is 4. The summed E-state index contributed by atoms with van der Waals surface area (Å²) in [6.07, 6.45) is 3.47. The highest BCUT2D eigenvalue weighted by molar-refractivity contribution is 5.97. The number of rotatable bonds is 7. The molecule has 0 fully saturated rings. The molecular formula is C25H20O4. The van der Waals surface area contributed by atoms with Crippen LogP contribution in [0.1, 0.15) is 27.0 Å². The van der Waals surface area contributed by atoms with Crippen LogP contribution in [-0.4, -0.2) is 19.0 Å². The minimum Gasteiger partial charge on any atom is -0.488 e. The Morgan fingerprint density at radius 3 is 2.31 bits per heavy atom. The van der Waals surface area contributed by atoms with Crippen LogP contribution in [0.25, 0.3) is 11.6 Å². The van der Waals surface area contributed by atoms with E-state index in [0.717, 1.165) is 11.1 Å². The van der Waals surface area contributed by atoms with Crippen molar-refractivity contribution in [3.63, 3.8) is 0 Å². The van der Waals surface area contributed by atoms with Crippen molar-refractivity contribution in [1.29, 1.82) is 0 Å². The fraction of sp³-hybridized carbons (Fsp3) is 0.0800. The van der Waals surface area contributed by atoms with Gasteiger partial charge in [-0.25, -0.2) is 9.59 Å². The van der Waals surface area contributed by atoms with E-state index in [9.17, 15) is 9.59 Å². The van der Waals surface area contributed by atoms with Crippen LogP contribution in [0.4, 0.5) is 0 Å². The molecule has 0 aliphatic carbocycles. The molecule has 0 amide bonds. The van der Waals surface area contributed by atoms with E-state index >= 15 is 0 Å². The average molecular weight is 384 g/mol. The van der Waals surface area contributed by atoms with E-state index < -0.39 is 5.97 Å². The highest BCUT2D eigenvalue weighted by Gasteiger charge is 2.08. The zero-order valence-electron chi connectivity index (χ0n) is 16.0. The van der Waals surface area contributed by atoms with Crippen molar-refractivity contribution < 1.29 is 19.1 Å². The van der Waals surface area contributed by atoms with Gasteiger partial charge in [0.25, 0.3) is 0 Å². The Morgan fingerprint density at radius 1 is 0.931 bits per heavy atom. The van der Waals surface area contributed by atoms with Gasteiger partial charge < -0.3 is 9.47 Å². The minimum atomic E-state index is -0.390. The lowest BCUT2D eigenvalue weighted by Crippen LogP contribution is -2.00. The molecule has 0 N–H and O–H groups in total. The van der Waals surface area contributed by atoms with Gasteiger partial charge in [-0.2, -0.15) is 0 Å². The summed E-state index contributed by atoms with van der Waals surface area (Å²) in [7, 11) is 1.34. The Hall–Kier alpha value is -3.88. The third-order valence-electron chi connectivity index (χ3n) is 4.30. The normalized spacial score (nSPS) is 10.4. The molecule has 144 valence electrons. The van der Waals surface area contributed by atoms with E-state index in [1.807, 2.05) is 60.5 Å². The molecule has 0 radical (unpaired) electrons. The van der Waals surface area contributed by atoms with Gasteiger partial charge in [0.1, 0.15) is 18.3 Å². The van der Waals surface area contributed by atoms with Crippen molar-refractivity contribution in [2.24, 2.45) is 0 Å². The predicted molar refractivity (Wildman–Crippen MR) is 113 cm³/mol. The Bertz CT molecular complexity index is 1040. The van der Waals surface area contributed by atoms with Gasteiger partial charge in [-0.15, -0.1) is 0 Å². The fourth-order valence-corrected chi connectivity index (χ4v) is 2.76. The molecule has 0 spiro atoms. The van der Waals surface area contributed by atoms with Crippen LogP contribution >= 0.6 is 0 Å². The maximum atomic E-state index is 11.6. The highest BCUT2D eigenvalue weighted by atomic mass is 16.5. The molecule has 3 rings (SSSR count). The number of allylic oxidation sites excluding steroid dienone is 2. The van der Waals surface area contributed by atoms with Crippen molar-refractivity contribution in [1.82, 2.24) is 0 Å². The van der Waals surface area contributed by atoms with E-state index in [4.69, 9.17) is 9.47 Å². The fourth-order valence-electron chi connectivity index (χ4n) is 2.76. The second kappa shape index (κ2) is 9.88. The first-order chi connectivity index (χ1) is 14.2. The Kier molecular flexibility index (Phi) is 6.77. The van der Waals surface area contributed by atoms with Gasteiger partial charge in [-0.1, -0.05) is 60.7 Å². The van der Waals surface area contributed by atoms with Crippen LogP contribution < -0.4 is 4.74 Å². The Balaban J connectivity index is 1.77. The first-order valence-corrected chi connectivity index (χ1v) is 9.09. The lowest BCUT2D eigenvalue weighted by Gasteiger charge is -2.11. The number of carbonyl (C=O) groups is 1. The summed E-state index contributed by atoms with van der Waals surface area (Å²) < 4.78 is 10.6. The first-order valence-electron chi connectivity index (χ1n) is 9.09. The van der Waals surface area contributed by atoms with Crippen LogP contribution in [0.15, 0.2) is 84.9 Å². The number of esters is 1. The molecule has 4 heteroatoms. The molecule has 4 nitrogen and oxygen atoms in total. The maximum Gasteiger partial charge on any atom is 0.337 e. The molecule has 0 aliphatic heterocycles. The van der Waals surface area contributed by atoms with Crippen molar-refractivity contribution in [3.05, 3.63) is 107 Å². The SMILES string of the molecule is COC(=O)c1ccc(/C=C/C(=C=O)c2ccccc2OCc2ccccc2)cc1. The van der Waals surface area contributed by atoms with Crippen LogP contribution in [0.5, 0.6) is 5.75 Å². The summed E-state index contributed by atoms with van der Waals surface area (Å²) in [5, 5.41) is 0. The molecule has 0 saturated heterocycles. The summed E-state index contributed by atoms with van der Waals surface area (Å²) in [4.78, 5) is 23.1. The van der Waals surface area contributed by atoms with E-state index in [1.165, 1.54) is 7.11 Å². The van der Waals surface area contributed by atoms with Gasteiger partial charge in [0.2, 0.25) is 0 Å². The quantitative estimate of drug-likeness (QED) is 0.327. The van der Waals surface area contributed by atoms with Crippen LogP contribution in [-0.2, 0) is 16.1 Å².